The van der Waals surface area contributed by atoms with Crippen LogP contribution in [0.5, 0.6) is 11.5 Å². The van der Waals surface area contributed by atoms with Gasteiger partial charge in [0.2, 0.25) is 5.91 Å². The molecule has 2 N–H and O–H groups in total. The molecular weight excluding hydrogens is 439 g/mol. The molecule has 0 saturated carbocycles. The number of carbonyl (C=O) groups is 1. The number of rotatable bonds is 7. The van der Waals surface area contributed by atoms with Crippen LogP contribution in [-0.2, 0) is 24.0 Å². The first-order valence-electron chi connectivity index (χ1n) is 10.3. The Labute approximate surface area is 188 Å². The number of carbonyl (C=O) groups excluding carboxylic acids is 1. The van der Waals surface area contributed by atoms with E-state index in [1.54, 1.807) is 24.3 Å². The number of aliphatic hydroxyl groups excluding tert-OH is 1. The Bertz CT molecular complexity index is 1130. The standard InChI is InChI=1S/C23H22F3N3O4/c1-32-19-9-14(16-10-20(31)29-22-21(16)27-12-28-22)4-5-18(19)33-11-15-3-2-13(6-7-30)8-17(15)23(24,25)26/h2-5,8-9,16,30H,6-7,10-12H2,1H3,(H,28,29,31). The average molecular weight is 461 g/mol. The molecule has 0 aromatic heterocycles. The lowest BCUT2D eigenvalue weighted by atomic mass is 9.87. The number of piperidine rings is 1. The first-order chi connectivity index (χ1) is 15.8. The molecule has 1 amide bonds. The van der Waals surface area contributed by atoms with Gasteiger partial charge in [0, 0.05) is 24.5 Å². The zero-order chi connectivity index (χ0) is 23.6. The van der Waals surface area contributed by atoms with E-state index in [0.717, 1.165) is 11.6 Å². The molecule has 0 aliphatic carbocycles. The number of nitrogens with zero attached hydrogens (tertiary/aromatic N) is 2. The van der Waals surface area contributed by atoms with E-state index in [4.69, 9.17) is 14.6 Å². The number of hydrogen-bond acceptors (Lipinski definition) is 6. The van der Waals surface area contributed by atoms with Gasteiger partial charge in [-0.05, 0) is 35.7 Å². The Hall–Kier alpha value is -3.40. The van der Waals surface area contributed by atoms with Crippen LogP contribution in [0.2, 0.25) is 0 Å². The Kier molecular flexibility index (Phi) is 6.37. The van der Waals surface area contributed by atoms with Gasteiger partial charge in [0.25, 0.3) is 0 Å². The quantitative estimate of drug-likeness (QED) is 0.662. The number of fused-ring (bicyclic) bond motifs is 1. The van der Waals surface area contributed by atoms with Gasteiger partial charge in [-0.2, -0.15) is 13.2 Å². The topological polar surface area (TPSA) is 92.5 Å². The van der Waals surface area contributed by atoms with Crippen molar-refractivity contribution in [2.24, 2.45) is 9.98 Å². The summed E-state index contributed by atoms with van der Waals surface area (Å²) in [6.45, 7) is -0.295. The maximum atomic E-state index is 13.5. The van der Waals surface area contributed by atoms with Crippen LogP contribution in [0, 0.1) is 0 Å². The summed E-state index contributed by atoms with van der Waals surface area (Å²) >= 11 is 0. The Morgan fingerprint density at radius 1 is 1.15 bits per heavy atom. The number of aliphatic hydroxyl groups is 1. The number of methoxy groups -OCH3 is 1. The van der Waals surface area contributed by atoms with Crippen LogP contribution < -0.4 is 14.8 Å². The predicted molar refractivity (Wildman–Crippen MR) is 115 cm³/mol. The van der Waals surface area contributed by atoms with Crippen LogP contribution >= 0.6 is 0 Å². The van der Waals surface area contributed by atoms with Crippen molar-refractivity contribution in [2.75, 3.05) is 20.4 Å². The van der Waals surface area contributed by atoms with Gasteiger partial charge in [-0.25, -0.2) is 4.99 Å². The average Bonchev–Trinajstić information content (AvgIpc) is 3.25. The molecule has 174 valence electrons. The first kappa shape index (κ1) is 22.8. The van der Waals surface area contributed by atoms with E-state index in [1.807, 2.05) is 0 Å². The van der Waals surface area contributed by atoms with Crippen LogP contribution in [0.3, 0.4) is 0 Å². The number of amides is 1. The molecule has 1 unspecified atom stereocenters. The number of alkyl halides is 3. The molecule has 0 radical (unpaired) electrons. The molecule has 2 aromatic rings. The van der Waals surface area contributed by atoms with E-state index in [0.29, 0.717) is 22.9 Å². The van der Waals surface area contributed by atoms with E-state index in [-0.39, 0.29) is 55.9 Å². The third-order valence-electron chi connectivity index (χ3n) is 5.54. The number of benzene rings is 2. The Morgan fingerprint density at radius 3 is 2.70 bits per heavy atom. The minimum Gasteiger partial charge on any atom is -0.493 e. The molecule has 10 heteroatoms. The first-order valence-corrected chi connectivity index (χ1v) is 10.3. The molecule has 1 fully saturated rings. The fourth-order valence-corrected chi connectivity index (χ4v) is 3.93. The van der Waals surface area contributed by atoms with Gasteiger partial charge in [0.15, 0.2) is 17.3 Å². The van der Waals surface area contributed by atoms with Crippen molar-refractivity contribution in [1.29, 1.82) is 0 Å². The number of ether oxygens (including phenoxy) is 2. The van der Waals surface area contributed by atoms with Gasteiger partial charge in [0.1, 0.15) is 13.3 Å². The van der Waals surface area contributed by atoms with E-state index < -0.39 is 11.7 Å². The molecule has 4 rings (SSSR count). The van der Waals surface area contributed by atoms with Gasteiger partial charge >= 0.3 is 6.18 Å². The summed E-state index contributed by atoms with van der Waals surface area (Å²) in [6, 6.07) is 8.99. The summed E-state index contributed by atoms with van der Waals surface area (Å²) in [6.07, 6.45) is -4.21. The molecule has 0 spiro atoms. The maximum Gasteiger partial charge on any atom is 0.416 e. The third kappa shape index (κ3) is 4.85. The summed E-state index contributed by atoms with van der Waals surface area (Å²) in [5, 5.41) is 11.7. The molecule has 7 nitrogen and oxygen atoms in total. The monoisotopic (exact) mass is 461 g/mol. The van der Waals surface area contributed by atoms with Crippen LogP contribution in [0.15, 0.2) is 46.4 Å². The van der Waals surface area contributed by atoms with E-state index in [1.165, 1.54) is 13.2 Å². The fourth-order valence-electron chi connectivity index (χ4n) is 3.93. The number of nitrogens with one attached hydrogen (secondary N) is 1. The summed E-state index contributed by atoms with van der Waals surface area (Å²) in [5.41, 5.74) is 1.03. The van der Waals surface area contributed by atoms with E-state index in [9.17, 15) is 18.0 Å². The molecule has 1 atom stereocenters. The van der Waals surface area contributed by atoms with Gasteiger partial charge in [-0.1, -0.05) is 18.2 Å². The molecule has 0 bridgehead atoms. The zero-order valence-corrected chi connectivity index (χ0v) is 17.8. The predicted octanol–water partition coefficient (Wildman–Crippen LogP) is 3.24. The summed E-state index contributed by atoms with van der Waals surface area (Å²) in [4.78, 5) is 20.6. The highest BCUT2D eigenvalue weighted by molar-refractivity contribution is 6.48. The molecule has 2 heterocycles. The minimum absolute atomic E-state index is 0.0274. The van der Waals surface area contributed by atoms with Crippen molar-refractivity contribution in [3.05, 3.63) is 58.7 Å². The van der Waals surface area contributed by atoms with Crippen molar-refractivity contribution >= 4 is 17.5 Å². The highest BCUT2D eigenvalue weighted by atomic mass is 19.4. The lowest BCUT2D eigenvalue weighted by Gasteiger charge is -2.24. The second kappa shape index (κ2) is 9.22. The SMILES string of the molecule is COc1cc(C2CC(=O)NC3=NCN=C32)ccc1OCc1ccc(CCO)cc1C(F)(F)F. The highest BCUT2D eigenvalue weighted by Crippen LogP contribution is 2.37. The number of hydrogen-bond donors (Lipinski definition) is 2. The third-order valence-corrected chi connectivity index (χ3v) is 5.54. The second-order valence-corrected chi connectivity index (χ2v) is 7.66. The molecule has 33 heavy (non-hydrogen) atoms. The maximum absolute atomic E-state index is 13.5. The molecule has 2 aliphatic rings. The molecular formula is C23H22F3N3O4. The number of amidine groups is 1. The lowest BCUT2D eigenvalue weighted by Crippen LogP contribution is -2.44. The summed E-state index contributed by atoms with van der Waals surface area (Å²) in [7, 11) is 1.43. The fraction of sp³-hybridized carbons (Fsp3) is 0.348. The second-order valence-electron chi connectivity index (χ2n) is 7.66. The largest absolute Gasteiger partial charge is 0.493 e. The van der Waals surface area contributed by atoms with Crippen LogP contribution in [0.25, 0.3) is 0 Å². The zero-order valence-electron chi connectivity index (χ0n) is 17.8. The van der Waals surface area contributed by atoms with Gasteiger partial charge in [-0.3, -0.25) is 9.79 Å². The van der Waals surface area contributed by atoms with E-state index in [2.05, 4.69) is 15.3 Å². The highest BCUT2D eigenvalue weighted by Gasteiger charge is 2.35. The van der Waals surface area contributed by atoms with Crippen LogP contribution in [0.1, 0.15) is 34.6 Å². The Morgan fingerprint density at radius 2 is 1.97 bits per heavy atom. The van der Waals surface area contributed by atoms with Gasteiger partial charge < -0.3 is 19.9 Å². The summed E-state index contributed by atoms with van der Waals surface area (Å²) < 4.78 is 51.7. The Balaban J connectivity index is 1.57. The van der Waals surface area contributed by atoms with Crippen molar-refractivity contribution in [3.8, 4) is 11.5 Å². The normalized spacial score (nSPS) is 17.7. The number of halogens is 3. The van der Waals surface area contributed by atoms with Crippen molar-refractivity contribution < 1.29 is 32.5 Å². The van der Waals surface area contributed by atoms with Gasteiger partial charge in [-0.15, -0.1) is 0 Å². The number of aliphatic imine (C=N–C) groups is 2. The summed E-state index contributed by atoms with van der Waals surface area (Å²) in [5.74, 6) is 0.624. The van der Waals surface area contributed by atoms with Crippen molar-refractivity contribution in [1.82, 2.24) is 5.32 Å². The minimum atomic E-state index is -4.55. The van der Waals surface area contributed by atoms with Crippen LogP contribution in [-0.4, -0.2) is 42.9 Å². The van der Waals surface area contributed by atoms with Crippen molar-refractivity contribution in [3.63, 3.8) is 0 Å². The van der Waals surface area contributed by atoms with Gasteiger partial charge in [0.05, 0.1) is 18.4 Å². The van der Waals surface area contributed by atoms with Crippen LogP contribution in [0.4, 0.5) is 13.2 Å². The molecule has 1 saturated heterocycles. The molecule has 2 aliphatic heterocycles. The smallest absolute Gasteiger partial charge is 0.416 e. The van der Waals surface area contributed by atoms with Crippen molar-refractivity contribution in [2.45, 2.75) is 31.5 Å². The lowest BCUT2D eigenvalue weighted by molar-refractivity contribution is -0.138. The van der Waals surface area contributed by atoms with E-state index >= 15 is 0 Å². The molecule has 2 aromatic carbocycles.